The van der Waals surface area contributed by atoms with Gasteiger partial charge in [0.25, 0.3) is 0 Å². The van der Waals surface area contributed by atoms with Crippen LogP contribution in [0.3, 0.4) is 0 Å². The van der Waals surface area contributed by atoms with E-state index in [4.69, 9.17) is 11.6 Å². The predicted molar refractivity (Wildman–Crippen MR) is 105 cm³/mol. The monoisotopic (exact) mass is 398 g/mol. The molecule has 0 atom stereocenters. The molecule has 1 aliphatic carbocycles. The Morgan fingerprint density at radius 3 is 2.31 bits per heavy atom. The molecule has 3 rings (SSSR count). The Morgan fingerprint density at radius 1 is 1.15 bits per heavy atom. The second kappa shape index (κ2) is 9.04. The lowest BCUT2D eigenvalue weighted by Crippen LogP contribution is -2.53. The minimum atomic E-state index is -0.0795. The van der Waals surface area contributed by atoms with E-state index in [9.17, 15) is 9.59 Å². The van der Waals surface area contributed by atoms with Gasteiger partial charge in [-0.15, -0.1) is 0 Å². The molecule has 3 amide bonds. The Labute approximate surface area is 163 Å². The number of halogens is 1. The highest BCUT2D eigenvalue weighted by atomic mass is 35.5. The Hall–Kier alpha value is -1.34. The zero-order valence-corrected chi connectivity index (χ0v) is 16.8. The molecule has 144 valence electrons. The van der Waals surface area contributed by atoms with E-state index in [0.29, 0.717) is 9.47 Å². The van der Waals surface area contributed by atoms with Crippen molar-refractivity contribution in [2.75, 3.05) is 18.4 Å². The first kappa shape index (κ1) is 19.4. The predicted octanol–water partition coefficient (Wildman–Crippen LogP) is 4.36. The minimum absolute atomic E-state index is 0.0795. The summed E-state index contributed by atoms with van der Waals surface area (Å²) in [5.41, 5.74) is 0. The fourth-order valence-corrected chi connectivity index (χ4v) is 4.89. The number of piperidine rings is 1. The molecule has 1 aromatic heterocycles. The highest BCUT2D eigenvalue weighted by Gasteiger charge is 2.34. The van der Waals surface area contributed by atoms with Crippen molar-refractivity contribution in [3.05, 3.63) is 10.5 Å². The highest BCUT2D eigenvalue weighted by Crippen LogP contribution is 2.29. The molecular weight excluding hydrogens is 372 g/mol. The molecule has 0 aromatic carbocycles. The number of likely N-dealkylation sites (tertiary alicyclic amines) is 1. The Morgan fingerprint density at radius 2 is 1.77 bits per heavy atom. The van der Waals surface area contributed by atoms with Crippen LogP contribution in [0.4, 0.5) is 9.93 Å². The van der Waals surface area contributed by atoms with E-state index in [-0.39, 0.29) is 24.0 Å². The molecule has 1 aromatic rings. The number of anilines is 1. The van der Waals surface area contributed by atoms with Crippen molar-refractivity contribution < 1.29 is 9.59 Å². The quantitative estimate of drug-likeness (QED) is 0.769. The molecule has 1 aliphatic heterocycles. The average Bonchev–Trinajstić information content (AvgIpc) is 2.85. The fourth-order valence-electron chi connectivity index (χ4n) is 4.09. The average molecular weight is 399 g/mol. The van der Waals surface area contributed by atoms with Gasteiger partial charge in [0.1, 0.15) is 4.34 Å². The largest absolute Gasteiger partial charge is 0.343 e. The van der Waals surface area contributed by atoms with Crippen LogP contribution in [-0.4, -0.2) is 51.9 Å². The van der Waals surface area contributed by atoms with Crippen LogP contribution in [0.15, 0.2) is 6.20 Å². The molecule has 1 N–H and O–H groups in total. The number of hydrogen-bond donors (Lipinski definition) is 1. The summed E-state index contributed by atoms with van der Waals surface area (Å²) in [5.74, 6) is 0.117. The number of urea groups is 1. The number of carbonyl (C=O) groups excluding carboxylic acids is 2. The van der Waals surface area contributed by atoms with Crippen LogP contribution in [0, 0.1) is 0 Å². The number of rotatable bonds is 3. The third kappa shape index (κ3) is 4.88. The first-order valence-corrected chi connectivity index (χ1v) is 10.7. The standard InChI is InChI=1S/C18H27ClN4O2S/c1-13(24)22-10-8-15(9-11-22)23(14-6-4-2-3-5-7-14)18(25)21-17-20-12-16(19)26-17/h12,14-15H,2-11H2,1H3,(H,20,21,25). The van der Waals surface area contributed by atoms with E-state index in [1.165, 1.54) is 37.0 Å². The van der Waals surface area contributed by atoms with E-state index >= 15 is 0 Å². The highest BCUT2D eigenvalue weighted by molar-refractivity contribution is 7.19. The van der Waals surface area contributed by atoms with E-state index in [2.05, 4.69) is 15.2 Å². The SMILES string of the molecule is CC(=O)N1CCC(N(C(=O)Nc2ncc(Cl)s2)C2CCCCCC2)CC1. The van der Waals surface area contributed by atoms with Gasteiger partial charge in [-0.2, -0.15) is 0 Å². The number of aromatic nitrogens is 1. The van der Waals surface area contributed by atoms with Gasteiger partial charge in [-0.05, 0) is 25.7 Å². The molecule has 6 nitrogen and oxygen atoms in total. The van der Waals surface area contributed by atoms with Gasteiger partial charge in [0.2, 0.25) is 5.91 Å². The van der Waals surface area contributed by atoms with Crippen molar-refractivity contribution in [2.45, 2.75) is 70.4 Å². The summed E-state index contributed by atoms with van der Waals surface area (Å²) in [6.45, 7) is 3.06. The number of amides is 3. The van der Waals surface area contributed by atoms with Crippen molar-refractivity contribution in [1.29, 1.82) is 0 Å². The molecule has 2 aliphatic rings. The lowest BCUT2D eigenvalue weighted by Gasteiger charge is -2.42. The summed E-state index contributed by atoms with van der Waals surface area (Å²) in [4.78, 5) is 32.8. The summed E-state index contributed by atoms with van der Waals surface area (Å²) in [5, 5.41) is 3.48. The van der Waals surface area contributed by atoms with Crippen LogP contribution in [0.5, 0.6) is 0 Å². The van der Waals surface area contributed by atoms with Crippen molar-refractivity contribution in [1.82, 2.24) is 14.8 Å². The van der Waals surface area contributed by atoms with Crippen LogP contribution < -0.4 is 5.32 Å². The summed E-state index contributed by atoms with van der Waals surface area (Å²) < 4.78 is 0.566. The zero-order chi connectivity index (χ0) is 18.5. The molecule has 26 heavy (non-hydrogen) atoms. The third-order valence-electron chi connectivity index (χ3n) is 5.45. The minimum Gasteiger partial charge on any atom is -0.343 e. The molecule has 1 saturated heterocycles. The summed E-state index contributed by atoms with van der Waals surface area (Å²) in [6.07, 6.45) is 10.2. The smallest absolute Gasteiger partial charge is 0.324 e. The van der Waals surface area contributed by atoms with E-state index in [1.807, 2.05) is 4.90 Å². The maximum atomic E-state index is 13.1. The molecule has 0 unspecified atom stereocenters. The topological polar surface area (TPSA) is 65.5 Å². The molecule has 1 saturated carbocycles. The second-order valence-electron chi connectivity index (χ2n) is 7.19. The molecule has 0 spiro atoms. The molecule has 8 heteroatoms. The van der Waals surface area contributed by atoms with E-state index in [1.54, 1.807) is 13.1 Å². The summed E-state index contributed by atoms with van der Waals surface area (Å²) >= 11 is 7.22. The maximum absolute atomic E-state index is 13.1. The summed E-state index contributed by atoms with van der Waals surface area (Å²) in [7, 11) is 0. The fraction of sp³-hybridized carbons (Fsp3) is 0.722. The maximum Gasteiger partial charge on any atom is 0.324 e. The lowest BCUT2D eigenvalue weighted by molar-refractivity contribution is -0.130. The van der Waals surface area contributed by atoms with Crippen LogP contribution >= 0.6 is 22.9 Å². The Balaban J connectivity index is 1.72. The van der Waals surface area contributed by atoms with Crippen LogP contribution in [0.2, 0.25) is 4.34 Å². The number of hydrogen-bond acceptors (Lipinski definition) is 4. The van der Waals surface area contributed by atoms with Crippen molar-refractivity contribution in [3.8, 4) is 0 Å². The second-order valence-corrected chi connectivity index (χ2v) is 8.85. The molecule has 2 heterocycles. The lowest BCUT2D eigenvalue weighted by atomic mass is 9.98. The first-order chi connectivity index (χ1) is 12.5. The number of nitrogens with one attached hydrogen (secondary N) is 1. The molecular formula is C18H27ClN4O2S. The van der Waals surface area contributed by atoms with Gasteiger partial charge >= 0.3 is 6.03 Å². The Bertz CT molecular complexity index is 622. The zero-order valence-electron chi connectivity index (χ0n) is 15.2. The first-order valence-electron chi connectivity index (χ1n) is 9.51. The van der Waals surface area contributed by atoms with E-state index < -0.39 is 0 Å². The van der Waals surface area contributed by atoms with Gasteiger partial charge in [0.05, 0.1) is 6.20 Å². The molecule has 0 bridgehead atoms. The van der Waals surface area contributed by atoms with Crippen LogP contribution in [0.25, 0.3) is 0 Å². The van der Waals surface area contributed by atoms with Gasteiger partial charge in [-0.3, -0.25) is 10.1 Å². The number of nitrogens with zero attached hydrogens (tertiary/aromatic N) is 3. The van der Waals surface area contributed by atoms with Crippen molar-refractivity contribution in [3.63, 3.8) is 0 Å². The van der Waals surface area contributed by atoms with Gasteiger partial charge in [0.15, 0.2) is 5.13 Å². The Kier molecular flexibility index (Phi) is 6.75. The third-order valence-corrected chi connectivity index (χ3v) is 6.48. The number of thiazole rings is 1. The molecule has 0 radical (unpaired) electrons. The van der Waals surface area contributed by atoms with E-state index in [0.717, 1.165) is 38.8 Å². The van der Waals surface area contributed by atoms with Crippen molar-refractivity contribution >= 4 is 40.0 Å². The normalized spacial score (nSPS) is 19.8. The summed E-state index contributed by atoms with van der Waals surface area (Å²) in [6, 6.07) is 0.357. The van der Waals surface area contributed by atoms with Crippen molar-refractivity contribution in [2.24, 2.45) is 0 Å². The van der Waals surface area contributed by atoms with Gasteiger partial charge in [0, 0.05) is 32.1 Å². The van der Waals surface area contributed by atoms with Crippen LogP contribution in [-0.2, 0) is 4.79 Å². The van der Waals surface area contributed by atoms with Gasteiger partial charge in [-0.1, -0.05) is 48.6 Å². The van der Waals surface area contributed by atoms with Gasteiger partial charge in [-0.25, -0.2) is 9.78 Å². The number of carbonyl (C=O) groups is 2. The van der Waals surface area contributed by atoms with Gasteiger partial charge < -0.3 is 9.80 Å². The van der Waals surface area contributed by atoms with Crippen LogP contribution in [0.1, 0.15) is 58.3 Å². The molecule has 2 fully saturated rings.